The van der Waals surface area contributed by atoms with Gasteiger partial charge in [0.15, 0.2) is 0 Å². The number of nitrogens with zero attached hydrogens (tertiary/aromatic N) is 2. The Bertz CT molecular complexity index is 1210. The minimum atomic E-state index is -0.673. The molecule has 8 heteroatoms. The Morgan fingerprint density at radius 2 is 1.84 bits per heavy atom. The van der Waals surface area contributed by atoms with Crippen molar-refractivity contribution >= 4 is 23.4 Å². The van der Waals surface area contributed by atoms with Gasteiger partial charge in [-0.2, -0.15) is 5.26 Å². The number of benzene rings is 3. The van der Waals surface area contributed by atoms with Crippen LogP contribution >= 0.6 is 0 Å². The number of nitriles is 1. The van der Waals surface area contributed by atoms with E-state index in [0.717, 1.165) is 5.56 Å². The number of nitro groups is 1. The van der Waals surface area contributed by atoms with Gasteiger partial charge >= 0.3 is 0 Å². The quantitative estimate of drug-likeness (QED) is 0.241. The van der Waals surface area contributed by atoms with Gasteiger partial charge in [0.25, 0.3) is 11.6 Å². The summed E-state index contributed by atoms with van der Waals surface area (Å²) in [6.07, 6.45) is 1.41. The van der Waals surface area contributed by atoms with Gasteiger partial charge in [-0.15, -0.1) is 0 Å². The topological polar surface area (TPSA) is 105 Å². The maximum Gasteiger partial charge on any atom is 0.271 e. The fourth-order valence-corrected chi connectivity index (χ4v) is 2.77. The van der Waals surface area contributed by atoms with Crippen LogP contribution in [-0.2, 0) is 11.4 Å². The van der Waals surface area contributed by atoms with E-state index in [1.807, 2.05) is 6.07 Å². The molecule has 1 amide bonds. The molecule has 0 aliphatic carbocycles. The molecular weight excluding hydrogens is 413 g/mol. The predicted octanol–water partition coefficient (Wildman–Crippen LogP) is 5.17. The fourth-order valence-electron chi connectivity index (χ4n) is 2.77. The van der Waals surface area contributed by atoms with Crippen LogP contribution in [0.1, 0.15) is 16.7 Å². The number of rotatable bonds is 7. The van der Waals surface area contributed by atoms with E-state index in [1.54, 1.807) is 43.3 Å². The van der Waals surface area contributed by atoms with Crippen molar-refractivity contribution < 1.29 is 18.8 Å². The minimum Gasteiger partial charge on any atom is -0.489 e. The summed E-state index contributed by atoms with van der Waals surface area (Å²) in [5, 5.41) is 22.9. The molecule has 0 atom stereocenters. The van der Waals surface area contributed by atoms with Gasteiger partial charge in [0.2, 0.25) is 0 Å². The standard InChI is InChI=1S/C24H18FN3O4/c1-16-2-9-21(28(30)31)13-23(16)27-24(29)19(14-26)12-17-5-10-22(11-6-17)32-15-18-3-7-20(25)8-4-18/h2-13H,15H2,1H3,(H,27,29)/b19-12+. The number of nitro benzene ring substituents is 1. The number of aryl methyl sites for hydroxylation is 1. The van der Waals surface area contributed by atoms with Gasteiger partial charge in [-0.05, 0) is 54.0 Å². The van der Waals surface area contributed by atoms with Crippen LogP contribution in [0.5, 0.6) is 5.75 Å². The summed E-state index contributed by atoms with van der Waals surface area (Å²) in [5.41, 5.74) is 1.98. The second-order valence-electron chi connectivity index (χ2n) is 6.86. The van der Waals surface area contributed by atoms with Crippen LogP contribution < -0.4 is 10.1 Å². The third-order valence-electron chi connectivity index (χ3n) is 4.56. The zero-order valence-corrected chi connectivity index (χ0v) is 17.0. The van der Waals surface area contributed by atoms with E-state index in [4.69, 9.17) is 4.74 Å². The van der Waals surface area contributed by atoms with Crippen molar-refractivity contribution in [3.8, 4) is 11.8 Å². The monoisotopic (exact) mass is 431 g/mol. The Balaban J connectivity index is 1.68. The second kappa shape index (κ2) is 10.00. The van der Waals surface area contributed by atoms with Gasteiger partial charge in [-0.1, -0.05) is 30.3 Å². The van der Waals surface area contributed by atoms with Gasteiger partial charge < -0.3 is 10.1 Å². The number of anilines is 1. The van der Waals surface area contributed by atoms with Gasteiger partial charge in [-0.3, -0.25) is 14.9 Å². The van der Waals surface area contributed by atoms with Crippen LogP contribution in [-0.4, -0.2) is 10.8 Å². The summed E-state index contributed by atoms with van der Waals surface area (Å²) in [6, 6.07) is 18.7. The Labute approximate surface area is 183 Å². The number of carbonyl (C=O) groups is 1. The zero-order valence-electron chi connectivity index (χ0n) is 17.0. The first-order valence-electron chi connectivity index (χ1n) is 9.51. The summed E-state index contributed by atoms with van der Waals surface area (Å²) in [5.74, 6) is -0.419. The number of carbonyl (C=O) groups excluding carboxylic acids is 1. The molecule has 0 radical (unpaired) electrons. The van der Waals surface area contributed by atoms with E-state index >= 15 is 0 Å². The van der Waals surface area contributed by atoms with Gasteiger partial charge in [0, 0.05) is 12.1 Å². The van der Waals surface area contributed by atoms with Gasteiger partial charge in [0.05, 0.1) is 10.6 Å². The Kier molecular flexibility index (Phi) is 6.93. The molecule has 1 N–H and O–H groups in total. The summed E-state index contributed by atoms with van der Waals surface area (Å²) >= 11 is 0. The lowest BCUT2D eigenvalue weighted by molar-refractivity contribution is -0.384. The third kappa shape index (κ3) is 5.77. The Hall–Kier alpha value is -4.51. The summed E-state index contributed by atoms with van der Waals surface area (Å²) in [7, 11) is 0. The van der Waals surface area contributed by atoms with Gasteiger partial charge in [0.1, 0.15) is 29.8 Å². The Morgan fingerprint density at radius 3 is 2.47 bits per heavy atom. The zero-order chi connectivity index (χ0) is 23.1. The minimum absolute atomic E-state index is 0.157. The molecule has 160 valence electrons. The molecule has 32 heavy (non-hydrogen) atoms. The average molecular weight is 431 g/mol. The number of halogens is 1. The first-order valence-corrected chi connectivity index (χ1v) is 9.51. The summed E-state index contributed by atoms with van der Waals surface area (Å²) in [6.45, 7) is 1.96. The molecule has 0 aliphatic rings. The van der Waals surface area contributed by atoms with Crippen LogP contribution in [0.4, 0.5) is 15.8 Å². The molecule has 7 nitrogen and oxygen atoms in total. The van der Waals surface area contributed by atoms with E-state index in [9.17, 15) is 24.6 Å². The van der Waals surface area contributed by atoms with Crippen LogP contribution in [0.3, 0.4) is 0 Å². The number of hydrogen-bond donors (Lipinski definition) is 1. The SMILES string of the molecule is Cc1ccc([N+](=O)[O-])cc1NC(=O)/C(C#N)=C/c1ccc(OCc2ccc(F)cc2)cc1. The van der Waals surface area contributed by atoms with Crippen molar-refractivity contribution in [3.05, 3.63) is 105 Å². The highest BCUT2D eigenvalue weighted by molar-refractivity contribution is 6.10. The summed E-state index contributed by atoms with van der Waals surface area (Å²) in [4.78, 5) is 22.9. The maximum atomic E-state index is 13.0. The molecule has 3 aromatic rings. The molecule has 0 saturated heterocycles. The lowest BCUT2D eigenvalue weighted by atomic mass is 10.1. The molecular formula is C24H18FN3O4. The number of hydrogen-bond acceptors (Lipinski definition) is 5. The third-order valence-corrected chi connectivity index (χ3v) is 4.56. The molecule has 0 fully saturated rings. The maximum absolute atomic E-state index is 13.0. The lowest BCUT2D eigenvalue weighted by Gasteiger charge is -2.08. The van der Waals surface area contributed by atoms with Crippen molar-refractivity contribution in [1.82, 2.24) is 0 Å². The van der Waals surface area contributed by atoms with Crippen molar-refractivity contribution in [3.63, 3.8) is 0 Å². The molecule has 0 aromatic heterocycles. The summed E-state index contributed by atoms with van der Waals surface area (Å²) < 4.78 is 18.6. The van der Waals surface area contributed by atoms with E-state index in [1.165, 1.54) is 36.4 Å². The predicted molar refractivity (Wildman–Crippen MR) is 117 cm³/mol. The molecule has 0 heterocycles. The highest BCUT2D eigenvalue weighted by Crippen LogP contribution is 2.23. The highest BCUT2D eigenvalue weighted by atomic mass is 19.1. The number of ether oxygens (including phenoxy) is 1. The van der Waals surface area contributed by atoms with Gasteiger partial charge in [-0.25, -0.2) is 4.39 Å². The first kappa shape index (κ1) is 22.2. The molecule has 0 aliphatic heterocycles. The van der Waals surface area contributed by atoms with Crippen LogP contribution in [0.15, 0.2) is 72.3 Å². The average Bonchev–Trinajstić information content (AvgIpc) is 2.79. The lowest BCUT2D eigenvalue weighted by Crippen LogP contribution is -2.14. The number of nitrogens with one attached hydrogen (secondary N) is 1. The second-order valence-corrected chi connectivity index (χ2v) is 6.86. The van der Waals surface area contributed by atoms with E-state index in [2.05, 4.69) is 5.32 Å². The number of amides is 1. The smallest absolute Gasteiger partial charge is 0.271 e. The highest BCUT2D eigenvalue weighted by Gasteiger charge is 2.14. The molecule has 3 rings (SSSR count). The molecule has 0 unspecified atom stereocenters. The molecule has 0 bridgehead atoms. The van der Waals surface area contributed by atoms with Crippen LogP contribution in [0, 0.1) is 34.2 Å². The molecule has 0 saturated carbocycles. The van der Waals surface area contributed by atoms with Crippen molar-refractivity contribution in [1.29, 1.82) is 5.26 Å². The number of non-ortho nitro benzene ring substituents is 1. The van der Waals surface area contributed by atoms with Crippen molar-refractivity contribution in [2.75, 3.05) is 5.32 Å². The van der Waals surface area contributed by atoms with Crippen molar-refractivity contribution in [2.45, 2.75) is 13.5 Å². The largest absolute Gasteiger partial charge is 0.489 e. The Morgan fingerprint density at radius 1 is 1.16 bits per heavy atom. The molecule has 0 spiro atoms. The normalized spacial score (nSPS) is 10.8. The van der Waals surface area contributed by atoms with E-state index < -0.39 is 10.8 Å². The van der Waals surface area contributed by atoms with E-state index in [0.29, 0.717) is 16.9 Å². The van der Waals surface area contributed by atoms with Crippen LogP contribution in [0.2, 0.25) is 0 Å². The van der Waals surface area contributed by atoms with E-state index in [-0.39, 0.29) is 29.4 Å². The first-order chi connectivity index (χ1) is 15.4. The van der Waals surface area contributed by atoms with Crippen molar-refractivity contribution in [2.24, 2.45) is 0 Å². The molecule has 3 aromatic carbocycles. The fraction of sp³-hybridized carbons (Fsp3) is 0.0833. The van der Waals surface area contributed by atoms with Crippen LogP contribution in [0.25, 0.3) is 6.08 Å².